The van der Waals surface area contributed by atoms with Crippen LogP contribution < -0.4 is 35.8 Å². The molecule has 0 radical (unpaired) electrons. The molecule has 5 aromatic rings. The number of halogens is 1. The zero-order chi connectivity index (χ0) is 52.0. The molecule has 0 saturated carbocycles. The molecule has 17 nitrogen and oxygen atoms in total. The lowest BCUT2D eigenvalue weighted by Gasteiger charge is -2.44. The predicted molar refractivity (Wildman–Crippen MR) is 297 cm³/mol. The van der Waals surface area contributed by atoms with E-state index in [0.717, 1.165) is 160 Å². The van der Waals surface area contributed by atoms with Gasteiger partial charge in [-0.15, -0.1) is 0 Å². The summed E-state index contributed by atoms with van der Waals surface area (Å²) in [6, 6.07) is 17.5. The molecule has 0 spiro atoms. The van der Waals surface area contributed by atoms with E-state index in [1.54, 1.807) is 25.4 Å². The van der Waals surface area contributed by atoms with Crippen LogP contribution in [0.2, 0.25) is 0 Å². The van der Waals surface area contributed by atoms with Gasteiger partial charge in [-0.25, -0.2) is 4.98 Å². The summed E-state index contributed by atoms with van der Waals surface area (Å²) in [6.07, 6.45) is 11.5. The number of piperidine rings is 2. The van der Waals surface area contributed by atoms with Crippen molar-refractivity contribution in [2.75, 3.05) is 98.8 Å². The predicted octanol–water partition coefficient (Wildman–Crippen LogP) is 8.09. The van der Waals surface area contributed by atoms with E-state index in [4.69, 9.17) is 14.7 Å². The first-order valence-electron chi connectivity index (χ1n) is 27.0. The number of pyridine rings is 1. The Morgan fingerprint density at radius 2 is 1.59 bits per heavy atom. The lowest BCUT2D eigenvalue weighted by Crippen LogP contribution is -2.54. The molecule has 394 valence electrons. The number of rotatable bonds is 16. The van der Waals surface area contributed by atoms with Gasteiger partial charge < -0.3 is 34.6 Å². The zero-order valence-electron chi connectivity index (χ0n) is 43.2. The van der Waals surface area contributed by atoms with Crippen molar-refractivity contribution in [3.8, 4) is 5.75 Å². The van der Waals surface area contributed by atoms with Crippen LogP contribution in [0.1, 0.15) is 97.2 Å². The quantitative estimate of drug-likeness (QED) is 0.0636. The van der Waals surface area contributed by atoms with Crippen LogP contribution in [0.5, 0.6) is 5.75 Å². The number of aryl methyl sites for hydroxylation is 2. The number of carbonyl (C=O) groups excluding carboxylic acids is 4. The Labute approximate surface area is 447 Å². The summed E-state index contributed by atoms with van der Waals surface area (Å²) in [4.78, 5) is 76.2. The van der Waals surface area contributed by atoms with Crippen molar-refractivity contribution in [2.45, 2.75) is 90.1 Å². The molecule has 3 N–H and O–H groups in total. The van der Waals surface area contributed by atoms with E-state index in [0.29, 0.717) is 51.6 Å². The molecular weight excluding hydrogens is 1030 g/mol. The third-order valence-electron chi connectivity index (χ3n) is 16.5. The Bertz CT molecular complexity index is 3090. The van der Waals surface area contributed by atoms with Crippen LogP contribution in [0.3, 0.4) is 0 Å². The van der Waals surface area contributed by atoms with Gasteiger partial charge in [0.1, 0.15) is 24.8 Å². The van der Waals surface area contributed by atoms with Crippen molar-refractivity contribution in [3.63, 3.8) is 0 Å². The van der Waals surface area contributed by atoms with Gasteiger partial charge in [-0.1, -0.05) is 19.9 Å². The first-order chi connectivity index (χ1) is 36.4. The standard InChI is InChI=1S/C56H67BrN11O6P/c1-4-36-29-46(61-56-58-32-43(57)52(63-56)60-45-15-14-44-41(12-10-37(5-2)59-44)51(45)75(73)27-6-7-28-75)49(74-3)31-48(36)66-21-18-38(19-22-66)65-25-23-64(24-26-65)20-8-9-35-33-67(34-35)39-11-13-40-42(30-39)55(72)68(54(40)71)47-16-17-50(69)62-53(47)70/h10-15,29-32,35,38,47H,4-9,16-28,33-34H2,1-3H3,(H,62,69,70)(H2,58,60,61,63). The maximum absolute atomic E-state index is 14.5. The third kappa shape index (κ3) is 10.3. The van der Waals surface area contributed by atoms with E-state index < -0.39 is 30.9 Å². The van der Waals surface area contributed by atoms with Gasteiger partial charge in [-0.2, -0.15) is 4.98 Å². The second-order valence-corrected chi connectivity index (χ2v) is 25.1. The summed E-state index contributed by atoms with van der Waals surface area (Å²) in [5, 5.41) is 11.1. The summed E-state index contributed by atoms with van der Waals surface area (Å²) >= 11 is 3.68. The number of hydrogen-bond acceptors (Lipinski definition) is 15. The smallest absolute Gasteiger partial charge is 0.262 e. The van der Waals surface area contributed by atoms with Crippen LogP contribution in [0.4, 0.5) is 34.5 Å². The molecule has 75 heavy (non-hydrogen) atoms. The van der Waals surface area contributed by atoms with Gasteiger partial charge in [0.15, 0.2) is 0 Å². The van der Waals surface area contributed by atoms with E-state index in [-0.39, 0.29) is 18.7 Å². The Hall–Kier alpha value is -5.94. The fourth-order valence-corrected chi connectivity index (χ4v) is 15.9. The fraction of sp³-hybridized carbons (Fsp3) is 0.482. The minimum absolute atomic E-state index is 0.102. The highest BCUT2D eigenvalue weighted by atomic mass is 79.9. The number of amides is 4. The van der Waals surface area contributed by atoms with E-state index in [1.807, 2.05) is 24.3 Å². The Kier molecular flexibility index (Phi) is 14.7. The first-order valence-corrected chi connectivity index (χ1v) is 29.9. The Balaban J connectivity index is 0.651. The minimum atomic E-state index is -2.64. The number of aromatic nitrogens is 3. The normalized spacial score (nSPS) is 20.7. The third-order valence-corrected chi connectivity index (χ3v) is 20.5. The molecule has 11 rings (SSSR count). The fourth-order valence-electron chi connectivity index (χ4n) is 12.3. The van der Waals surface area contributed by atoms with Crippen molar-refractivity contribution in [2.24, 2.45) is 5.92 Å². The molecule has 2 aromatic heterocycles. The van der Waals surface area contributed by atoms with Crippen LogP contribution in [-0.4, -0.2) is 144 Å². The molecule has 0 bridgehead atoms. The summed E-state index contributed by atoms with van der Waals surface area (Å²) in [5.74, 6) is 0.384. The number of piperazine rings is 1. The molecule has 0 aliphatic carbocycles. The van der Waals surface area contributed by atoms with E-state index in [9.17, 15) is 23.7 Å². The summed E-state index contributed by atoms with van der Waals surface area (Å²) in [6.45, 7) is 13.5. The van der Waals surface area contributed by atoms with Crippen molar-refractivity contribution >= 4 is 97.4 Å². The minimum Gasteiger partial charge on any atom is -0.494 e. The number of hydrogen-bond donors (Lipinski definition) is 3. The summed E-state index contributed by atoms with van der Waals surface area (Å²) < 4.78 is 21.3. The monoisotopic (exact) mass is 1100 g/mol. The lowest BCUT2D eigenvalue weighted by atomic mass is 9.93. The molecule has 4 amide bonds. The SMILES string of the molecule is CCc1ccc2c(P3(=O)CCCC3)c(Nc3nc(Nc4cc(CC)c(N5CCC(N6CCN(CCCC7CN(c8ccc9c(c8)C(=O)N(C8CCC(=O)NC8=O)C9=O)C7)CC6)CC5)cc4OC)ncc3Br)ccc2n1. The number of methoxy groups -OCH3 is 1. The van der Waals surface area contributed by atoms with Gasteiger partial charge >= 0.3 is 0 Å². The summed E-state index contributed by atoms with van der Waals surface area (Å²) in [7, 11) is -0.937. The van der Waals surface area contributed by atoms with E-state index in [1.165, 1.54) is 11.3 Å². The van der Waals surface area contributed by atoms with Gasteiger partial charge in [0.05, 0.1) is 39.6 Å². The van der Waals surface area contributed by atoms with Crippen molar-refractivity contribution in [1.29, 1.82) is 0 Å². The molecule has 6 aliphatic heterocycles. The molecule has 1 atom stereocenters. The number of carbonyl (C=O) groups is 4. The average Bonchev–Trinajstić information content (AvgIpc) is 4.00. The lowest BCUT2D eigenvalue weighted by molar-refractivity contribution is -0.136. The molecule has 6 aliphatic rings. The van der Waals surface area contributed by atoms with Crippen LogP contribution in [0.15, 0.2) is 65.3 Å². The largest absolute Gasteiger partial charge is 0.494 e. The highest BCUT2D eigenvalue weighted by molar-refractivity contribution is 9.10. The maximum atomic E-state index is 14.5. The second kappa shape index (κ2) is 21.6. The van der Waals surface area contributed by atoms with Gasteiger partial charge in [0.2, 0.25) is 17.8 Å². The van der Waals surface area contributed by atoms with Crippen molar-refractivity contribution in [3.05, 3.63) is 87.7 Å². The van der Waals surface area contributed by atoms with Crippen LogP contribution in [0, 0.1) is 5.92 Å². The summed E-state index contributed by atoms with van der Waals surface area (Å²) in [5.41, 5.74) is 7.47. The second-order valence-electron chi connectivity index (χ2n) is 21.1. The van der Waals surface area contributed by atoms with Crippen molar-refractivity contribution in [1.82, 2.24) is 35.0 Å². The molecule has 8 heterocycles. The maximum Gasteiger partial charge on any atom is 0.262 e. The molecule has 3 aromatic carbocycles. The molecular formula is C56H67BrN11O6P. The molecule has 19 heteroatoms. The van der Waals surface area contributed by atoms with Gasteiger partial charge in [0, 0.05) is 117 Å². The topological polar surface area (TPSA) is 186 Å². The molecule has 1 unspecified atom stereocenters. The number of fused-ring (bicyclic) bond motifs is 2. The van der Waals surface area contributed by atoms with Crippen LogP contribution >= 0.6 is 23.1 Å². The number of nitrogens with one attached hydrogen (secondary N) is 3. The zero-order valence-corrected chi connectivity index (χ0v) is 45.7. The van der Waals surface area contributed by atoms with Gasteiger partial charge in [-0.05, 0) is 134 Å². The molecule has 5 saturated heterocycles. The highest BCUT2D eigenvalue weighted by Crippen LogP contribution is 2.54. The number of imide groups is 2. The number of ether oxygens (including phenoxy) is 1. The Morgan fingerprint density at radius 1 is 0.813 bits per heavy atom. The van der Waals surface area contributed by atoms with Gasteiger partial charge in [-0.3, -0.25) is 39.3 Å². The van der Waals surface area contributed by atoms with Crippen molar-refractivity contribution < 1.29 is 28.5 Å². The number of benzene rings is 3. The van der Waals surface area contributed by atoms with Gasteiger partial charge in [0.25, 0.3) is 11.8 Å². The van der Waals surface area contributed by atoms with E-state index in [2.05, 4.69) is 88.5 Å². The number of anilines is 6. The van der Waals surface area contributed by atoms with Crippen LogP contribution in [0.25, 0.3) is 10.9 Å². The highest BCUT2D eigenvalue weighted by Gasteiger charge is 2.45. The average molecular weight is 1100 g/mol. The molecule has 5 fully saturated rings. The Morgan fingerprint density at radius 3 is 2.32 bits per heavy atom. The first kappa shape index (κ1) is 51.2. The van der Waals surface area contributed by atoms with Crippen LogP contribution in [-0.2, 0) is 27.0 Å². The van der Waals surface area contributed by atoms with E-state index >= 15 is 0 Å². The number of nitrogens with zero attached hydrogens (tertiary/aromatic N) is 8.